The summed E-state index contributed by atoms with van der Waals surface area (Å²) in [6.07, 6.45) is 3.17. The highest BCUT2D eigenvalue weighted by molar-refractivity contribution is 6.92. The van der Waals surface area contributed by atoms with E-state index in [-0.39, 0.29) is 9.90 Å². The number of nitrogens with one attached hydrogen (secondary N) is 1. The van der Waals surface area contributed by atoms with Crippen LogP contribution in [-0.4, -0.2) is 15.4 Å². The molecule has 0 fully saturated rings. The quantitative estimate of drug-likeness (QED) is 0.464. The Bertz CT molecular complexity index is 65.3. The first kappa shape index (κ1) is 5.57. The van der Waals surface area contributed by atoms with Gasteiger partial charge >= 0.3 is 0 Å². The van der Waals surface area contributed by atoms with Crippen molar-refractivity contribution in [2.75, 3.05) is 0 Å². The summed E-state index contributed by atoms with van der Waals surface area (Å²) in [6.45, 7) is 0. The molecule has 1 heterocycles. The van der Waals surface area contributed by atoms with Gasteiger partial charge in [-0.1, -0.05) is 0 Å². The molecule has 1 atom stereocenters. The van der Waals surface area contributed by atoms with Gasteiger partial charge in [-0.25, -0.2) is 0 Å². The summed E-state index contributed by atoms with van der Waals surface area (Å²) in [6, 6.07) is 0. The van der Waals surface area contributed by atoms with Gasteiger partial charge in [0.05, 0.1) is 12.4 Å². The van der Waals surface area contributed by atoms with Crippen molar-refractivity contribution >= 4 is 9.90 Å². The molecule has 0 aliphatic heterocycles. The molecule has 0 aromatic carbocycles. The average Bonchev–Trinajstić information content (AvgIpc) is 1.76. The molecular weight excluding hydrogens is 97.0 g/mol. The molecule has 4 heteroatoms. The summed E-state index contributed by atoms with van der Waals surface area (Å²) in [5, 5.41) is 9.33. The predicted molar refractivity (Wildman–Crippen MR) is 27.5 cm³/mol. The van der Waals surface area contributed by atoms with E-state index in [0.29, 0.717) is 0 Å². The zero-order valence-corrected chi connectivity index (χ0v) is 4.67. The molecule has 34 valence electrons. The van der Waals surface area contributed by atoms with Crippen LogP contribution in [0.4, 0.5) is 0 Å². The Morgan fingerprint density at radius 1 is 1.17 bits per heavy atom. The van der Waals surface area contributed by atoms with E-state index < -0.39 is 0 Å². The lowest BCUT2D eigenvalue weighted by Crippen LogP contribution is -1.61. The van der Waals surface area contributed by atoms with Gasteiger partial charge in [0.25, 0.3) is 0 Å². The van der Waals surface area contributed by atoms with Gasteiger partial charge in [-0.15, -0.1) is 0 Å². The van der Waals surface area contributed by atoms with Crippen molar-refractivity contribution in [2.24, 2.45) is 0 Å². The highest BCUT2D eigenvalue weighted by Gasteiger charge is 1.57. The van der Waals surface area contributed by atoms with Gasteiger partial charge in [-0.05, 0) is 0 Å². The average molecular weight is 103 g/mol. The summed E-state index contributed by atoms with van der Waals surface area (Å²) in [5.41, 5.74) is 0. The van der Waals surface area contributed by atoms with Gasteiger partial charge in [-0.2, -0.15) is 25.3 Å². The summed E-state index contributed by atoms with van der Waals surface area (Å²) in [4.78, 5) is 0. The Hall–Kier alpha value is -0.430. The van der Waals surface area contributed by atoms with Crippen molar-refractivity contribution in [2.45, 2.75) is 0 Å². The minimum Gasteiger partial charge on any atom is -0.198 e. The lowest BCUT2D eigenvalue weighted by atomic mass is 11.0. The van der Waals surface area contributed by atoms with Crippen molar-refractivity contribution in [3.05, 3.63) is 12.4 Å². The van der Waals surface area contributed by atoms with Gasteiger partial charge in [0.2, 0.25) is 0 Å². The molecule has 1 unspecified atom stereocenters. The van der Waals surface area contributed by atoms with Crippen LogP contribution in [-0.2, 0) is 0 Å². The third-order valence-electron chi connectivity index (χ3n) is 0.331. The molecule has 1 aromatic rings. The number of nitrogens with zero attached hydrogens (tertiary/aromatic N) is 2. The van der Waals surface area contributed by atoms with Crippen molar-refractivity contribution < 1.29 is 0 Å². The van der Waals surface area contributed by atoms with E-state index in [1.165, 1.54) is 0 Å². The number of hydrogen-bond donors (Lipinski definition) is 1. The molecule has 1 aromatic heterocycles. The van der Waals surface area contributed by atoms with Crippen LogP contribution >= 0.6 is 9.90 Å². The Balaban J connectivity index is 0.000000250. The van der Waals surface area contributed by atoms with E-state index in [4.69, 9.17) is 0 Å². The SMILES string of the molecule is P.c1cn[nH]n1. The Morgan fingerprint density at radius 2 is 1.67 bits per heavy atom. The van der Waals surface area contributed by atoms with Crippen LogP contribution in [0, 0.1) is 0 Å². The maximum Gasteiger partial charge on any atom is 0.0690 e. The molecular formula is C2H6N3P. The number of aromatic nitrogens is 3. The Kier molecular flexibility index (Phi) is 2.59. The van der Waals surface area contributed by atoms with Crippen LogP contribution in [0.5, 0.6) is 0 Å². The van der Waals surface area contributed by atoms with Crippen LogP contribution < -0.4 is 0 Å². The number of hydrogen-bond acceptors (Lipinski definition) is 2. The van der Waals surface area contributed by atoms with Crippen LogP contribution in [0.2, 0.25) is 0 Å². The molecule has 0 amide bonds. The van der Waals surface area contributed by atoms with Crippen LogP contribution in [0.15, 0.2) is 12.4 Å². The lowest BCUT2D eigenvalue weighted by molar-refractivity contribution is 0.940. The number of H-pyrrole nitrogens is 1. The van der Waals surface area contributed by atoms with Gasteiger partial charge in [-0.3, -0.25) is 0 Å². The van der Waals surface area contributed by atoms with E-state index in [2.05, 4.69) is 15.4 Å². The monoisotopic (exact) mass is 103 g/mol. The molecule has 3 nitrogen and oxygen atoms in total. The second-order valence-corrected chi connectivity index (χ2v) is 0.656. The van der Waals surface area contributed by atoms with Crippen molar-refractivity contribution in [1.29, 1.82) is 0 Å². The van der Waals surface area contributed by atoms with Gasteiger partial charge in [0.15, 0.2) is 0 Å². The molecule has 0 aliphatic carbocycles. The zero-order chi connectivity index (χ0) is 3.54. The molecule has 0 saturated heterocycles. The van der Waals surface area contributed by atoms with Crippen molar-refractivity contribution in [3.8, 4) is 0 Å². The number of aromatic amines is 1. The minimum atomic E-state index is 0. The van der Waals surface area contributed by atoms with Crippen LogP contribution in [0.1, 0.15) is 0 Å². The maximum atomic E-state index is 3.49. The van der Waals surface area contributed by atoms with Gasteiger partial charge in [0, 0.05) is 0 Å². The maximum absolute atomic E-state index is 3.49. The molecule has 6 heavy (non-hydrogen) atoms. The van der Waals surface area contributed by atoms with E-state index in [1.807, 2.05) is 0 Å². The minimum absolute atomic E-state index is 0. The smallest absolute Gasteiger partial charge is 0.0690 e. The summed E-state index contributed by atoms with van der Waals surface area (Å²) in [5.74, 6) is 0. The van der Waals surface area contributed by atoms with Crippen LogP contribution in [0.3, 0.4) is 0 Å². The van der Waals surface area contributed by atoms with E-state index >= 15 is 0 Å². The van der Waals surface area contributed by atoms with Crippen molar-refractivity contribution in [1.82, 2.24) is 15.4 Å². The fourth-order valence-electron chi connectivity index (χ4n) is 0.167. The molecule has 0 aliphatic rings. The van der Waals surface area contributed by atoms with E-state index in [0.717, 1.165) is 0 Å². The molecule has 1 N–H and O–H groups in total. The molecule has 1 rings (SSSR count). The summed E-state index contributed by atoms with van der Waals surface area (Å²) < 4.78 is 0. The van der Waals surface area contributed by atoms with E-state index in [1.54, 1.807) is 12.4 Å². The second kappa shape index (κ2) is 2.79. The topological polar surface area (TPSA) is 41.6 Å². The summed E-state index contributed by atoms with van der Waals surface area (Å²) in [7, 11) is 0. The first-order chi connectivity index (χ1) is 2.50. The predicted octanol–water partition coefficient (Wildman–Crippen LogP) is -0.137. The van der Waals surface area contributed by atoms with Crippen LogP contribution in [0.25, 0.3) is 0 Å². The lowest BCUT2D eigenvalue weighted by Gasteiger charge is -1.48. The largest absolute Gasteiger partial charge is 0.198 e. The fourth-order valence-corrected chi connectivity index (χ4v) is 0.167. The standard InChI is InChI=1S/C2H3N3.H3P/c1-2-4-5-3-1;/h1-2H,(H,3,4,5);1H3. The third kappa shape index (κ3) is 1.13. The highest BCUT2D eigenvalue weighted by atomic mass is 31.0. The Morgan fingerprint density at radius 3 is 1.83 bits per heavy atom. The molecule has 0 spiro atoms. The number of rotatable bonds is 0. The van der Waals surface area contributed by atoms with Crippen molar-refractivity contribution in [3.63, 3.8) is 0 Å². The van der Waals surface area contributed by atoms with E-state index in [9.17, 15) is 0 Å². The fraction of sp³-hybridized carbons (Fsp3) is 0. The van der Waals surface area contributed by atoms with Gasteiger partial charge in [0.1, 0.15) is 0 Å². The first-order valence-corrected chi connectivity index (χ1v) is 1.30. The molecule has 0 radical (unpaired) electrons. The third-order valence-corrected chi connectivity index (χ3v) is 0.331. The first-order valence-electron chi connectivity index (χ1n) is 1.30. The highest BCUT2D eigenvalue weighted by Crippen LogP contribution is 1.55. The molecule has 0 saturated carbocycles. The molecule has 0 bridgehead atoms. The second-order valence-electron chi connectivity index (χ2n) is 0.656. The normalized spacial score (nSPS) is 6.67. The van der Waals surface area contributed by atoms with Gasteiger partial charge < -0.3 is 0 Å². The Labute approximate surface area is 38.8 Å². The summed E-state index contributed by atoms with van der Waals surface area (Å²) >= 11 is 0. The zero-order valence-electron chi connectivity index (χ0n) is 3.26.